The molecule has 6 heteroatoms. The van der Waals surface area contributed by atoms with Gasteiger partial charge in [0.1, 0.15) is 16.5 Å². The fourth-order valence-electron chi connectivity index (χ4n) is 1.74. The van der Waals surface area contributed by atoms with E-state index in [1.165, 1.54) is 22.3 Å². The van der Waals surface area contributed by atoms with Crippen LogP contribution in [-0.2, 0) is 6.54 Å². The number of carbonyl (C=O) groups excluding carboxylic acids is 1. The van der Waals surface area contributed by atoms with E-state index in [4.69, 9.17) is 5.73 Å². The first-order valence-electron chi connectivity index (χ1n) is 5.88. The average molecular weight is 279 g/mol. The lowest BCUT2D eigenvalue weighted by molar-refractivity contribution is 0.0983. The molecule has 2 rings (SSSR count). The molecule has 0 saturated carbocycles. The molecule has 0 fully saturated rings. The van der Waals surface area contributed by atoms with Gasteiger partial charge in [-0.25, -0.2) is 9.37 Å². The first-order valence-corrected chi connectivity index (χ1v) is 6.76. The first kappa shape index (κ1) is 13.6. The van der Waals surface area contributed by atoms with Gasteiger partial charge in [0.2, 0.25) is 0 Å². The van der Waals surface area contributed by atoms with Gasteiger partial charge in [-0.05, 0) is 19.1 Å². The number of carbonyl (C=O) groups is 1. The van der Waals surface area contributed by atoms with E-state index in [0.29, 0.717) is 23.8 Å². The zero-order valence-electron chi connectivity index (χ0n) is 10.5. The van der Waals surface area contributed by atoms with Crippen LogP contribution in [0, 0.1) is 5.82 Å². The third-order valence-electron chi connectivity index (χ3n) is 2.65. The molecule has 0 unspecified atom stereocenters. The van der Waals surface area contributed by atoms with E-state index >= 15 is 0 Å². The van der Waals surface area contributed by atoms with Crippen molar-refractivity contribution in [1.29, 1.82) is 0 Å². The third-order valence-corrected chi connectivity index (χ3v) is 3.52. The second-order valence-corrected chi connectivity index (χ2v) is 4.77. The minimum Gasteiger partial charge on any atom is -0.325 e. The van der Waals surface area contributed by atoms with Crippen LogP contribution in [0.5, 0.6) is 0 Å². The van der Waals surface area contributed by atoms with Gasteiger partial charge in [-0.3, -0.25) is 4.79 Å². The largest absolute Gasteiger partial charge is 0.325 e. The second-order valence-electron chi connectivity index (χ2n) is 3.83. The van der Waals surface area contributed by atoms with Gasteiger partial charge in [-0.2, -0.15) is 0 Å². The summed E-state index contributed by atoms with van der Waals surface area (Å²) in [6.07, 6.45) is 0. The molecule has 1 aromatic carbocycles. The Hall–Kier alpha value is -1.79. The first-order chi connectivity index (χ1) is 9.17. The lowest BCUT2D eigenvalue weighted by Crippen LogP contribution is -2.31. The number of nitrogens with zero attached hydrogens (tertiary/aromatic N) is 2. The Morgan fingerprint density at radius 3 is 2.79 bits per heavy atom. The van der Waals surface area contributed by atoms with E-state index in [1.54, 1.807) is 30.5 Å². The topological polar surface area (TPSA) is 59.2 Å². The van der Waals surface area contributed by atoms with Gasteiger partial charge >= 0.3 is 0 Å². The van der Waals surface area contributed by atoms with Crippen molar-refractivity contribution in [2.45, 2.75) is 13.5 Å². The molecule has 2 N–H and O–H groups in total. The predicted molar refractivity (Wildman–Crippen MR) is 73.8 cm³/mol. The van der Waals surface area contributed by atoms with E-state index in [2.05, 4.69) is 4.98 Å². The van der Waals surface area contributed by atoms with Crippen LogP contribution in [0.3, 0.4) is 0 Å². The average Bonchev–Trinajstić information content (AvgIpc) is 2.90. The molecule has 0 radical (unpaired) electrons. The molecule has 0 atom stereocenters. The number of aromatic nitrogens is 1. The number of hydrogen-bond donors (Lipinski definition) is 1. The highest BCUT2D eigenvalue weighted by Crippen LogP contribution is 2.21. The number of rotatable bonds is 4. The molecule has 0 bridgehead atoms. The fourth-order valence-corrected chi connectivity index (χ4v) is 2.38. The van der Waals surface area contributed by atoms with Crippen molar-refractivity contribution in [2.24, 2.45) is 5.73 Å². The van der Waals surface area contributed by atoms with Gasteiger partial charge in [-0.15, -0.1) is 11.3 Å². The molecule has 4 nitrogen and oxygen atoms in total. The minimum atomic E-state index is -0.424. The molecule has 1 amide bonds. The maximum Gasteiger partial charge on any atom is 0.277 e. The van der Waals surface area contributed by atoms with Crippen LogP contribution < -0.4 is 10.6 Å². The van der Waals surface area contributed by atoms with Crippen LogP contribution in [0.25, 0.3) is 0 Å². The van der Waals surface area contributed by atoms with Crippen molar-refractivity contribution in [3.8, 4) is 0 Å². The number of hydrogen-bond acceptors (Lipinski definition) is 4. The molecule has 100 valence electrons. The number of thiazole rings is 1. The van der Waals surface area contributed by atoms with Crippen LogP contribution >= 0.6 is 11.3 Å². The Morgan fingerprint density at radius 1 is 1.47 bits per heavy atom. The highest BCUT2D eigenvalue weighted by atomic mass is 32.1. The molecule has 0 aliphatic rings. The smallest absolute Gasteiger partial charge is 0.277 e. The zero-order chi connectivity index (χ0) is 13.8. The molecule has 1 aromatic heterocycles. The maximum atomic E-state index is 13.7. The summed E-state index contributed by atoms with van der Waals surface area (Å²) >= 11 is 1.33. The summed E-state index contributed by atoms with van der Waals surface area (Å²) in [5, 5.41) is 2.33. The van der Waals surface area contributed by atoms with E-state index in [-0.39, 0.29) is 11.6 Å². The van der Waals surface area contributed by atoms with E-state index in [1.807, 2.05) is 0 Å². The van der Waals surface area contributed by atoms with Crippen LogP contribution in [0.15, 0.2) is 29.6 Å². The number of anilines is 1. The lowest BCUT2D eigenvalue weighted by atomic mass is 10.2. The number of benzene rings is 1. The summed E-state index contributed by atoms with van der Waals surface area (Å²) in [6.45, 7) is 2.46. The minimum absolute atomic E-state index is 0.261. The molecule has 2 aromatic rings. The van der Waals surface area contributed by atoms with Gasteiger partial charge in [0.15, 0.2) is 0 Å². The summed E-state index contributed by atoms with van der Waals surface area (Å²) in [6, 6.07) is 6.19. The van der Waals surface area contributed by atoms with Crippen LogP contribution in [-0.4, -0.2) is 17.4 Å². The van der Waals surface area contributed by atoms with E-state index in [0.717, 1.165) is 0 Å². The summed E-state index contributed by atoms with van der Waals surface area (Å²) in [5.41, 5.74) is 6.03. The Bertz CT molecular complexity index is 585. The highest BCUT2D eigenvalue weighted by molar-refractivity contribution is 7.09. The summed E-state index contributed by atoms with van der Waals surface area (Å²) in [7, 11) is 0. The monoisotopic (exact) mass is 279 g/mol. The van der Waals surface area contributed by atoms with Gasteiger partial charge in [0.05, 0.1) is 5.69 Å². The Kier molecular flexibility index (Phi) is 4.24. The number of amides is 1. The van der Waals surface area contributed by atoms with Gasteiger partial charge in [0, 0.05) is 18.5 Å². The van der Waals surface area contributed by atoms with Gasteiger partial charge < -0.3 is 10.6 Å². The summed E-state index contributed by atoms with van der Waals surface area (Å²) in [5.74, 6) is -0.740. The van der Waals surface area contributed by atoms with Crippen LogP contribution in [0.1, 0.15) is 22.4 Å². The quantitative estimate of drug-likeness (QED) is 0.935. The van der Waals surface area contributed by atoms with Crippen molar-refractivity contribution >= 4 is 22.9 Å². The molecular formula is C13H14FN3OS. The number of nitrogens with two attached hydrogens (primary N) is 1. The van der Waals surface area contributed by atoms with Crippen molar-refractivity contribution in [2.75, 3.05) is 11.4 Å². The number of halogens is 1. The van der Waals surface area contributed by atoms with Crippen molar-refractivity contribution < 1.29 is 9.18 Å². The van der Waals surface area contributed by atoms with Crippen molar-refractivity contribution in [1.82, 2.24) is 4.98 Å². The molecule has 19 heavy (non-hydrogen) atoms. The fraction of sp³-hybridized carbons (Fsp3) is 0.231. The molecule has 0 aliphatic carbocycles. The van der Waals surface area contributed by atoms with Crippen molar-refractivity contribution in [3.05, 3.63) is 46.2 Å². The molecule has 1 heterocycles. The number of para-hydroxylation sites is 1. The standard InChI is InChI=1S/C13H14FN3OS/c1-2-17(11-6-4-3-5-9(11)14)13(18)10-8-19-12(7-15)16-10/h3-6,8H,2,7,15H2,1H3. The van der Waals surface area contributed by atoms with Gasteiger partial charge in [0.25, 0.3) is 5.91 Å². The molecule has 0 aliphatic heterocycles. The molecule has 0 spiro atoms. The summed E-state index contributed by atoms with van der Waals surface area (Å²) < 4.78 is 13.7. The lowest BCUT2D eigenvalue weighted by Gasteiger charge is -2.20. The third kappa shape index (κ3) is 2.80. The van der Waals surface area contributed by atoms with E-state index < -0.39 is 5.82 Å². The van der Waals surface area contributed by atoms with Crippen molar-refractivity contribution in [3.63, 3.8) is 0 Å². The Morgan fingerprint density at radius 2 is 2.21 bits per heavy atom. The normalized spacial score (nSPS) is 10.5. The second kappa shape index (κ2) is 5.90. The SMILES string of the molecule is CCN(C(=O)c1csc(CN)n1)c1ccccc1F. The van der Waals surface area contributed by atoms with E-state index in [9.17, 15) is 9.18 Å². The predicted octanol–water partition coefficient (Wildman–Crippen LogP) is 2.41. The Balaban J connectivity index is 2.32. The summed E-state index contributed by atoms with van der Waals surface area (Å²) in [4.78, 5) is 17.8. The maximum absolute atomic E-state index is 13.7. The molecule has 0 saturated heterocycles. The van der Waals surface area contributed by atoms with Crippen LogP contribution in [0.4, 0.5) is 10.1 Å². The Labute approximate surface area is 114 Å². The zero-order valence-corrected chi connectivity index (χ0v) is 11.3. The van der Waals surface area contributed by atoms with Gasteiger partial charge in [-0.1, -0.05) is 12.1 Å². The van der Waals surface area contributed by atoms with Crippen LogP contribution in [0.2, 0.25) is 0 Å². The molecular weight excluding hydrogens is 265 g/mol. The highest BCUT2D eigenvalue weighted by Gasteiger charge is 2.21.